The monoisotopic (exact) mass is 205 g/mol. The van der Waals surface area contributed by atoms with Crippen LogP contribution in [0.25, 0.3) is 0 Å². The minimum Gasteiger partial charge on any atom is -0.376 e. The Kier molecular flexibility index (Phi) is 5.07. The third-order valence-corrected chi connectivity index (χ3v) is 2.83. The van der Waals surface area contributed by atoms with Crippen molar-refractivity contribution in [2.45, 2.75) is 38.8 Å². The van der Waals surface area contributed by atoms with E-state index >= 15 is 0 Å². The van der Waals surface area contributed by atoms with Crippen molar-refractivity contribution in [1.82, 2.24) is 4.90 Å². The summed E-state index contributed by atoms with van der Waals surface area (Å²) in [5.41, 5.74) is 0. The molecular weight excluding hydrogens is 186 g/mol. The highest BCUT2D eigenvalue weighted by molar-refractivity contribution is 6.17. The molecule has 2 nitrogen and oxygen atoms in total. The molecule has 0 aromatic carbocycles. The van der Waals surface area contributed by atoms with Gasteiger partial charge in [-0.25, -0.2) is 0 Å². The number of nitrogens with zero attached hydrogens (tertiary/aromatic N) is 1. The molecular formula is C10H20ClNO. The number of ether oxygens (including phenoxy) is 1. The highest BCUT2D eigenvalue weighted by Gasteiger charge is 2.22. The first kappa shape index (κ1) is 11.3. The van der Waals surface area contributed by atoms with E-state index in [1.807, 2.05) is 0 Å². The Balaban J connectivity index is 2.21. The molecule has 13 heavy (non-hydrogen) atoms. The molecule has 0 saturated carbocycles. The molecule has 2 atom stereocenters. The molecule has 0 radical (unpaired) electrons. The molecule has 0 aromatic rings. The smallest absolute Gasteiger partial charge is 0.0674 e. The van der Waals surface area contributed by atoms with E-state index in [1.165, 1.54) is 13.0 Å². The van der Waals surface area contributed by atoms with Gasteiger partial charge in [0, 0.05) is 18.5 Å². The number of rotatable bonds is 4. The second-order valence-electron chi connectivity index (χ2n) is 3.88. The molecule has 0 N–H and O–H groups in total. The van der Waals surface area contributed by atoms with Crippen LogP contribution in [0.2, 0.25) is 0 Å². The van der Waals surface area contributed by atoms with Crippen molar-refractivity contribution < 1.29 is 4.74 Å². The lowest BCUT2D eigenvalue weighted by Gasteiger charge is -2.36. The van der Waals surface area contributed by atoms with Gasteiger partial charge in [-0.05, 0) is 33.2 Å². The van der Waals surface area contributed by atoms with Gasteiger partial charge in [0.05, 0.1) is 12.7 Å². The van der Waals surface area contributed by atoms with Crippen LogP contribution >= 0.6 is 11.6 Å². The number of hydrogen-bond acceptors (Lipinski definition) is 2. The van der Waals surface area contributed by atoms with Gasteiger partial charge >= 0.3 is 0 Å². The molecule has 3 heteroatoms. The molecule has 1 fully saturated rings. The van der Waals surface area contributed by atoms with Gasteiger partial charge in [-0.15, -0.1) is 11.6 Å². The zero-order valence-corrected chi connectivity index (χ0v) is 9.39. The van der Waals surface area contributed by atoms with Gasteiger partial charge in [0.2, 0.25) is 0 Å². The quantitative estimate of drug-likeness (QED) is 0.515. The van der Waals surface area contributed by atoms with E-state index in [4.69, 9.17) is 16.3 Å². The normalized spacial score (nSPS) is 30.7. The maximum Gasteiger partial charge on any atom is 0.0674 e. The molecule has 0 aromatic heterocycles. The zero-order valence-electron chi connectivity index (χ0n) is 8.63. The van der Waals surface area contributed by atoms with Crippen LogP contribution in [-0.4, -0.2) is 42.6 Å². The fraction of sp³-hybridized carbons (Fsp3) is 1.00. The van der Waals surface area contributed by atoms with Crippen LogP contribution in [-0.2, 0) is 4.74 Å². The summed E-state index contributed by atoms with van der Waals surface area (Å²) < 4.78 is 5.56. The van der Waals surface area contributed by atoms with Gasteiger partial charge < -0.3 is 4.74 Å². The van der Waals surface area contributed by atoms with E-state index in [0.717, 1.165) is 25.5 Å². The number of hydrogen-bond donors (Lipinski definition) is 0. The van der Waals surface area contributed by atoms with Gasteiger partial charge in [-0.2, -0.15) is 0 Å². The third kappa shape index (κ3) is 3.84. The van der Waals surface area contributed by atoms with Crippen molar-refractivity contribution >= 4 is 11.6 Å². The summed E-state index contributed by atoms with van der Waals surface area (Å²) in [6.45, 7) is 7.49. The minimum atomic E-state index is 0.396. The van der Waals surface area contributed by atoms with Crippen LogP contribution in [0.3, 0.4) is 0 Å². The van der Waals surface area contributed by atoms with Gasteiger partial charge in [0.25, 0.3) is 0 Å². The standard InChI is InChI=1S/C10H20ClNO/c1-9-8-13-10(2)7-12(9)6-4-3-5-11/h9-10H,3-8H2,1-2H3. The van der Waals surface area contributed by atoms with E-state index in [2.05, 4.69) is 18.7 Å². The Bertz CT molecular complexity index is 143. The summed E-state index contributed by atoms with van der Waals surface area (Å²) in [7, 11) is 0. The van der Waals surface area contributed by atoms with Crippen LogP contribution in [0.4, 0.5) is 0 Å². The number of halogens is 1. The second kappa shape index (κ2) is 5.84. The van der Waals surface area contributed by atoms with Crippen molar-refractivity contribution in [3.05, 3.63) is 0 Å². The highest BCUT2D eigenvalue weighted by Crippen LogP contribution is 2.12. The molecule has 1 rings (SSSR count). The van der Waals surface area contributed by atoms with Crippen molar-refractivity contribution in [3.63, 3.8) is 0 Å². The summed E-state index contributed by atoms with van der Waals surface area (Å²) >= 11 is 5.64. The minimum absolute atomic E-state index is 0.396. The van der Waals surface area contributed by atoms with E-state index in [1.54, 1.807) is 0 Å². The lowest BCUT2D eigenvalue weighted by Crippen LogP contribution is -2.47. The first-order valence-corrected chi connectivity index (χ1v) is 5.69. The van der Waals surface area contributed by atoms with E-state index in [9.17, 15) is 0 Å². The molecule has 1 heterocycles. The van der Waals surface area contributed by atoms with Crippen LogP contribution < -0.4 is 0 Å². The molecule has 0 bridgehead atoms. The van der Waals surface area contributed by atoms with Crippen molar-refractivity contribution in [2.24, 2.45) is 0 Å². The Hall–Kier alpha value is 0.210. The van der Waals surface area contributed by atoms with Crippen LogP contribution in [0.1, 0.15) is 26.7 Å². The highest BCUT2D eigenvalue weighted by atomic mass is 35.5. The van der Waals surface area contributed by atoms with Crippen molar-refractivity contribution in [2.75, 3.05) is 25.6 Å². The summed E-state index contributed by atoms with van der Waals surface area (Å²) in [6.07, 6.45) is 2.73. The van der Waals surface area contributed by atoms with Crippen LogP contribution in [0.5, 0.6) is 0 Å². The molecule has 1 saturated heterocycles. The molecule has 78 valence electrons. The predicted octanol–water partition coefficient (Wildman–Crippen LogP) is 2.11. The van der Waals surface area contributed by atoms with Gasteiger partial charge in [-0.1, -0.05) is 0 Å². The molecule has 0 amide bonds. The Morgan fingerprint density at radius 2 is 2.15 bits per heavy atom. The first-order valence-electron chi connectivity index (χ1n) is 5.15. The average Bonchev–Trinajstić information content (AvgIpc) is 2.11. The Labute approximate surface area is 86.2 Å². The summed E-state index contributed by atoms with van der Waals surface area (Å²) in [4.78, 5) is 2.50. The van der Waals surface area contributed by atoms with Crippen LogP contribution in [0, 0.1) is 0 Å². The summed E-state index contributed by atoms with van der Waals surface area (Å²) in [6, 6.07) is 0.575. The summed E-state index contributed by atoms with van der Waals surface area (Å²) in [5.74, 6) is 0.786. The maximum atomic E-state index is 5.64. The fourth-order valence-electron chi connectivity index (χ4n) is 1.69. The van der Waals surface area contributed by atoms with Crippen molar-refractivity contribution in [3.8, 4) is 0 Å². The molecule has 0 spiro atoms. The summed E-state index contributed by atoms with van der Waals surface area (Å²) in [5, 5.41) is 0. The average molecular weight is 206 g/mol. The number of morpholine rings is 1. The molecule has 0 aliphatic carbocycles. The largest absolute Gasteiger partial charge is 0.376 e. The molecule has 1 aliphatic rings. The third-order valence-electron chi connectivity index (χ3n) is 2.57. The fourth-order valence-corrected chi connectivity index (χ4v) is 1.88. The number of alkyl halides is 1. The zero-order chi connectivity index (χ0) is 9.68. The molecule has 1 aliphatic heterocycles. The predicted molar refractivity (Wildman–Crippen MR) is 56.4 cm³/mol. The van der Waals surface area contributed by atoms with E-state index in [0.29, 0.717) is 12.1 Å². The Morgan fingerprint density at radius 3 is 2.85 bits per heavy atom. The lowest BCUT2D eigenvalue weighted by molar-refractivity contribution is -0.0495. The maximum absolute atomic E-state index is 5.64. The second-order valence-corrected chi connectivity index (χ2v) is 4.26. The van der Waals surface area contributed by atoms with Gasteiger partial charge in [-0.3, -0.25) is 4.90 Å². The van der Waals surface area contributed by atoms with Crippen LogP contribution in [0.15, 0.2) is 0 Å². The molecule has 2 unspecified atom stereocenters. The topological polar surface area (TPSA) is 12.5 Å². The van der Waals surface area contributed by atoms with E-state index in [-0.39, 0.29) is 0 Å². The van der Waals surface area contributed by atoms with Crippen molar-refractivity contribution in [1.29, 1.82) is 0 Å². The Morgan fingerprint density at radius 1 is 1.38 bits per heavy atom. The van der Waals surface area contributed by atoms with E-state index < -0.39 is 0 Å². The SMILES string of the molecule is CC1CN(CCCCCl)C(C)CO1. The first-order chi connectivity index (χ1) is 6.24. The number of unbranched alkanes of at least 4 members (excludes halogenated alkanes) is 1. The van der Waals surface area contributed by atoms with Gasteiger partial charge in [0.15, 0.2) is 0 Å². The van der Waals surface area contributed by atoms with Gasteiger partial charge in [0.1, 0.15) is 0 Å². The lowest BCUT2D eigenvalue weighted by atomic mass is 10.2.